The first kappa shape index (κ1) is 15.5. The van der Waals surface area contributed by atoms with E-state index in [0.29, 0.717) is 13.5 Å². The van der Waals surface area contributed by atoms with Crippen LogP contribution in [0.25, 0.3) is 3.58 Å². The van der Waals surface area contributed by atoms with Crippen LogP contribution in [0.3, 0.4) is 0 Å². The van der Waals surface area contributed by atoms with Crippen LogP contribution in [-0.4, -0.2) is 8.42 Å². The van der Waals surface area contributed by atoms with Crippen molar-refractivity contribution in [2.45, 2.75) is 11.8 Å². The molecule has 0 aliphatic rings. The molecule has 0 saturated heterocycles. The molecule has 5 heteroatoms. The quantitative estimate of drug-likeness (QED) is 0.667. The van der Waals surface area contributed by atoms with Crippen LogP contribution in [0.15, 0.2) is 58.8 Å². The smallest absolute Gasteiger partial charge is 0.200 e. The lowest BCUT2D eigenvalue weighted by molar-refractivity contribution is 0.605. The monoisotopic (exact) mass is 418 g/mol. The molecule has 0 amide bonds. The molecular formula is C15H12ClIO2S. The van der Waals surface area contributed by atoms with Gasteiger partial charge in [0.05, 0.1) is 4.90 Å². The fraction of sp³-hybridized carbons (Fsp3) is 0.0667. The molecule has 0 aromatic heterocycles. The third-order valence-corrected chi connectivity index (χ3v) is 5.81. The Hall–Kier alpha value is -0.850. The van der Waals surface area contributed by atoms with Crippen molar-refractivity contribution in [3.05, 3.63) is 70.1 Å². The lowest BCUT2D eigenvalue weighted by atomic mass is 10.2. The van der Waals surface area contributed by atoms with E-state index in [1.165, 1.54) is 5.41 Å². The number of aryl methyl sites for hydroxylation is 1. The van der Waals surface area contributed by atoms with Gasteiger partial charge in [-0.3, -0.25) is 0 Å². The molecular weight excluding hydrogens is 407 g/mol. The van der Waals surface area contributed by atoms with Crippen molar-refractivity contribution in [1.82, 2.24) is 0 Å². The molecule has 0 aliphatic carbocycles. The molecule has 20 heavy (non-hydrogen) atoms. The summed E-state index contributed by atoms with van der Waals surface area (Å²) in [6.45, 7) is 1.92. The van der Waals surface area contributed by atoms with E-state index in [2.05, 4.69) is 0 Å². The van der Waals surface area contributed by atoms with Crippen molar-refractivity contribution in [3.63, 3.8) is 0 Å². The number of hydrogen-bond acceptors (Lipinski definition) is 2. The van der Waals surface area contributed by atoms with Crippen LogP contribution < -0.4 is 0 Å². The van der Waals surface area contributed by atoms with E-state index in [4.69, 9.17) is 11.6 Å². The number of rotatable bonds is 3. The van der Waals surface area contributed by atoms with Gasteiger partial charge in [0, 0.05) is 14.0 Å². The standard InChI is InChI=1S/C15H12ClIO2S/c1-11-2-8-14(9-3-11)20(18,19)10-15(17)12-4-6-13(16)7-5-12/h2-10H,1H3/b15-10+. The van der Waals surface area contributed by atoms with Crippen LogP contribution in [0.4, 0.5) is 0 Å². The zero-order valence-corrected chi connectivity index (χ0v) is 14.4. The van der Waals surface area contributed by atoms with E-state index >= 15 is 0 Å². The van der Waals surface area contributed by atoms with E-state index in [0.717, 1.165) is 11.1 Å². The summed E-state index contributed by atoms with van der Waals surface area (Å²) >= 11 is 7.84. The molecule has 104 valence electrons. The summed E-state index contributed by atoms with van der Waals surface area (Å²) in [5.74, 6) is 0. The minimum Gasteiger partial charge on any atom is -0.219 e. The second-order valence-electron chi connectivity index (χ2n) is 4.33. The van der Waals surface area contributed by atoms with Gasteiger partial charge in [0.25, 0.3) is 0 Å². The number of halogens is 2. The Labute approximate surface area is 137 Å². The minimum atomic E-state index is -3.44. The fourth-order valence-electron chi connectivity index (χ4n) is 1.61. The molecule has 0 atom stereocenters. The largest absolute Gasteiger partial charge is 0.219 e. The average molecular weight is 419 g/mol. The summed E-state index contributed by atoms with van der Waals surface area (Å²) in [5, 5.41) is 1.90. The molecule has 0 heterocycles. The fourth-order valence-corrected chi connectivity index (χ4v) is 4.16. The maximum atomic E-state index is 12.3. The zero-order valence-electron chi connectivity index (χ0n) is 10.7. The second-order valence-corrected chi connectivity index (χ2v) is 7.73. The Morgan fingerprint density at radius 2 is 1.60 bits per heavy atom. The number of hydrogen-bond donors (Lipinski definition) is 0. The van der Waals surface area contributed by atoms with E-state index in [9.17, 15) is 8.42 Å². The Balaban J connectivity index is 2.37. The van der Waals surface area contributed by atoms with E-state index in [1.807, 2.05) is 29.5 Å². The molecule has 2 aromatic carbocycles. The van der Waals surface area contributed by atoms with Crippen LogP contribution >= 0.6 is 34.2 Å². The van der Waals surface area contributed by atoms with Crippen LogP contribution in [0.5, 0.6) is 0 Å². The molecule has 0 aliphatic heterocycles. The number of sulfone groups is 1. The summed E-state index contributed by atoms with van der Waals surface area (Å²) in [5.41, 5.74) is 1.85. The summed E-state index contributed by atoms with van der Waals surface area (Å²) in [7, 11) is -3.44. The maximum absolute atomic E-state index is 12.3. The van der Waals surface area contributed by atoms with Gasteiger partial charge in [-0.15, -0.1) is 0 Å². The van der Waals surface area contributed by atoms with Gasteiger partial charge in [-0.1, -0.05) is 41.4 Å². The summed E-state index contributed by atoms with van der Waals surface area (Å²) in [6, 6.07) is 13.9. The highest BCUT2D eigenvalue weighted by molar-refractivity contribution is 14.1. The normalized spacial score (nSPS) is 12.4. The lowest BCUT2D eigenvalue weighted by Crippen LogP contribution is -1.97. The topological polar surface area (TPSA) is 34.1 Å². The van der Waals surface area contributed by atoms with Gasteiger partial charge >= 0.3 is 0 Å². The van der Waals surface area contributed by atoms with E-state index < -0.39 is 9.84 Å². The highest BCUT2D eigenvalue weighted by Crippen LogP contribution is 2.26. The molecule has 2 aromatic rings. The first-order valence-electron chi connectivity index (χ1n) is 5.83. The molecule has 0 N–H and O–H groups in total. The maximum Gasteiger partial charge on any atom is 0.200 e. The molecule has 0 radical (unpaired) electrons. The predicted molar refractivity (Wildman–Crippen MR) is 91.8 cm³/mol. The minimum absolute atomic E-state index is 0.297. The van der Waals surface area contributed by atoms with Gasteiger partial charge in [0.2, 0.25) is 9.84 Å². The Morgan fingerprint density at radius 1 is 1.05 bits per heavy atom. The average Bonchev–Trinajstić information content (AvgIpc) is 2.39. The van der Waals surface area contributed by atoms with Gasteiger partial charge in [0.1, 0.15) is 0 Å². The first-order chi connectivity index (χ1) is 9.38. The van der Waals surface area contributed by atoms with E-state index in [-0.39, 0.29) is 0 Å². The van der Waals surface area contributed by atoms with Crippen LogP contribution in [-0.2, 0) is 9.84 Å². The highest BCUT2D eigenvalue weighted by Gasteiger charge is 2.12. The van der Waals surface area contributed by atoms with Crippen LogP contribution in [0, 0.1) is 6.92 Å². The summed E-state index contributed by atoms with van der Waals surface area (Å²) in [6.07, 6.45) is 0. The van der Waals surface area contributed by atoms with E-state index in [1.54, 1.807) is 48.5 Å². The Kier molecular flexibility index (Phi) is 4.88. The van der Waals surface area contributed by atoms with Gasteiger partial charge < -0.3 is 0 Å². The molecule has 0 bridgehead atoms. The molecule has 2 nitrogen and oxygen atoms in total. The van der Waals surface area contributed by atoms with Crippen LogP contribution in [0.2, 0.25) is 5.02 Å². The molecule has 2 rings (SSSR count). The van der Waals surface area contributed by atoms with Gasteiger partial charge in [-0.25, -0.2) is 8.42 Å². The predicted octanol–water partition coefficient (Wildman–Crippen LogP) is 4.86. The molecule has 0 fully saturated rings. The zero-order chi connectivity index (χ0) is 14.8. The van der Waals surface area contributed by atoms with Crippen molar-refractivity contribution in [2.24, 2.45) is 0 Å². The van der Waals surface area contributed by atoms with Crippen molar-refractivity contribution in [3.8, 4) is 0 Å². The van der Waals surface area contributed by atoms with Crippen molar-refractivity contribution < 1.29 is 8.42 Å². The second kappa shape index (κ2) is 6.28. The first-order valence-corrected chi connectivity index (χ1v) is 8.84. The third kappa shape index (κ3) is 3.84. The van der Waals surface area contributed by atoms with Crippen molar-refractivity contribution in [1.29, 1.82) is 0 Å². The van der Waals surface area contributed by atoms with Gasteiger partial charge in [-0.2, -0.15) is 0 Å². The summed E-state index contributed by atoms with van der Waals surface area (Å²) in [4.78, 5) is 0.297. The molecule has 0 unspecified atom stereocenters. The van der Waals surface area contributed by atoms with Crippen molar-refractivity contribution in [2.75, 3.05) is 0 Å². The highest BCUT2D eigenvalue weighted by atomic mass is 127. The molecule has 0 spiro atoms. The third-order valence-electron chi connectivity index (χ3n) is 2.73. The van der Waals surface area contributed by atoms with Gasteiger partial charge in [-0.05, 0) is 59.3 Å². The number of benzene rings is 2. The van der Waals surface area contributed by atoms with Crippen molar-refractivity contribution >= 4 is 47.6 Å². The summed E-state index contributed by atoms with van der Waals surface area (Å²) < 4.78 is 25.2. The Bertz CT molecular complexity index is 732. The van der Waals surface area contributed by atoms with Gasteiger partial charge in [0.15, 0.2) is 0 Å². The molecule has 0 saturated carbocycles. The SMILES string of the molecule is Cc1ccc(S(=O)(=O)/C=C(/I)c2ccc(Cl)cc2)cc1. The van der Waals surface area contributed by atoms with Crippen LogP contribution in [0.1, 0.15) is 11.1 Å². The lowest BCUT2D eigenvalue weighted by Gasteiger charge is -2.03. The Morgan fingerprint density at radius 3 is 2.15 bits per heavy atom.